The molecule has 0 aliphatic carbocycles. The van der Waals surface area contributed by atoms with Crippen molar-refractivity contribution in [2.24, 2.45) is 5.14 Å². The Hall–Kier alpha value is -0.660. The van der Waals surface area contributed by atoms with E-state index in [9.17, 15) is 13.2 Å². The Morgan fingerprint density at radius 2 is 2.20 bits per heavy atom. The highest BCUT2D eigenvalue weighted by atomic mass is 32.2. The topological polar surface area (TPSA) is 93.0 Å². The molecule has 5 nitrogen and oxygen atoms in total. The van der Waals surface area contributed by atoms with Crippen molar-refractivity contribution in [1.82, 2.24) is 4.98 Å². The highest BCUT2D eigenvalue weighted by molar-refractivity contribution is 7.91. The Morgan fingerprint density at radius 3 is 2.40 bits per heavy atom. The molecule has 0 saturated heterocycles. The maximum Gasteiger partial charge on any atom is 0.305 e. The molecule has 0 saturated carbocycles. The fourth-order valence-electron chi connectivity index (χ4n) is 0.408. The molecular weight excluding hydrogens is 176 g/mol. The molecule has 1 heterocycles. The lowest BCUT2D eigenvalue weighted by Crippen LogP contribution is -2.10. The summed E-state index contributed by atoms with van der Waals surface area (Å²) in [5.74, 6) is 0. The minimum absolute atomic E-state index is 0.141. The molecular formula is C3H4N2O3S2. The van der Waals surface area contributed by atoms with Crippen LogP contribution in [-0.2, 0) is 10.0 Å². The van der Waals surface area contributed by atoms with Crippen molar-refractivity contribution in [3.05, 3.63) is 15.9 Å². The van der Waals surface area contributed by atoms with Crippen molar-refractivity contribution >= 4 is 21.4 Å². The summed E-state index contributed by atoms with van der Waals surface area (Å²) < 4.78 is 20.8. The smallest absolute Gasteiger partial charge is 0.305 e. The van der Waals surface area contributed by atoms with Crippen LogP contribution in [0.4, 0.5) is 0 Å². The van der Waals surface area contributed by atoms with Crippen molar-refractivity contribution in [3.8, 4) is 0 Å². The van der Waals surface area contributed by atoms with Gasteiger partial charge in [-0.3, -0.25) is 4.79 Å². The molecule has 1 rings (SSSR count). The number of aromatic nitrogens is 1. The van der Waals surface area contributed by atoms with E-state index in [1.807, 2.05) is 0 Å². The van der Waals surface area contributed by atoms with E-state index in [1.54, 1.807) is 0 Å². The number of nitrogens with two attached hydrogens (primary N) is 1. The quantitative estimate of drug-likeness (QED) is 0.585. The predicted octanol–water partition coefficient (Wildman–Crippen LogP) is -0.916. The van der Waals surface area contributed by atoms with Crippen LogP contribution in [-0.4, -0.2) is 13.4 Å². The summed E-state index contributed by atoms with van der Waals surface area (Å²) in [5.41, 5.74) is 0. The van der Waals surface area contributed by atoms with E-state index >= 15 is 0 Å². The first-order valence-corrected chi connectivity index (χ1v) is 4.58. The SMILES string of the molecule is NS(=O)(=O)c1c[nH]c(=O)s1. The summed E-state index contributed by atoms with van der Waals surface area (Å²) in [4.78, 5) is 12.1. The zero-order chi connectivity index (χ0) is 7.78. The molecule has 0 radical (unpaired) electrons. The molecule has 10 heavy (non-hydrogen) atoms. The largest absolute Gasteiger partial charge is 0.318 e. The second-order valence-corrected chi connectivity index (χ2v) is 4.35. The molecule has 0 aromatic carbocycles. The second-order valence-electron chi connectivity index (χ2n) is 1.54. The van der Waals surface area contributed by atoms with Crippen LogP contribution in [0.5, 0.6) is 0 Å². The Labute approximate surface area is 60.6 Å². The minimum atomic E-state index is -3.69. The van der Waals surface area contributed by atoms with Crippen molar-refractivity contribution in [2.45, 2.75) is 4.21 Å². The number of H-pyrrole nitrogens is 1. The van der Waals surface area contributed by atoms with Gasteiger partial charge in [0.15, 0.2) is 4.21 Å². The molecule has 0 amide bonds. The van der Waals surface area contributed by atoms with Crippen LogP contribution in [0.25, 0.3) is 0 Å². The fourth-order valence-corrected chi connectivity index (χ4v) is 1.74. The lowest BCUT2D eigenvalue weighted by atomic mass is 11.0. The minimum Gasteiger partial charge on any atom is -0.318 e. The number of rotatable bonds is 1. The summed E-state index contributed by atoms with van der Waals surface area (Å²) >= 11 is 0.571. The fraction of sp³-hybridized carbons (Fsp3) is 0. The zero-order valence-electron chi connectivity index (χ0n) is 4.70. The molecule has 3 N–H and O–H groups in total. The van der Waals surface area contributed by atoms with Gasteiger partial charge in [-0.2, -0.15) is 0 Å². The Bertz CT molecular complexity index is 372. The van der Waals surface area contributed by atoms with Gasteiger partial charge in [0.25, 0.3) is 0 Å². The van der Waals surface area contributed by atoms with Gasteiger partial charge in [-0.15, -0.1) is 0 Å². The Balaban J connectivity index is 3.34. The number of hydrogen-bond donors (Lipinski definition) is 2. The molecule has 0 fully saturated rings. The molecule has 56 valence electrons. The van der Waals surface area contributed by atoms with Gasteiger partial charge < -0.3 is 4.98 Å². The first-order chi connectivity index (χ1) is 4.50. The van der Waals surface area contributed by atoms with Gasteiger partial charge in [-0.25, -0.2) is 13.6 Å². The van der Waals surface area contributed by atoms with Gasteiger partial charge in [0.2, 0.25) is 10.0 Å². The summed E-state index contributed by atoms with van der Waals surface area (Å²) in [7, 11) is -3.69. The molecule has 0 aliphatic heterocycles. The van der Waals surface area contributed by atoms with Crippen molar-refractivity contribution < 1.29 is 8.42 Å². The van der Waals surface area contributed by atoms with E-state index in [0.29, 0.717) is 11.3 Å². The van der Waals surface area contributed by atoms with Gasteiger partial charge in [0.1, 0.15) is 0 Å². The Morgan fingerprint density at radius 1 is 1.60 bits per heavy atom. The van der Waals surface area contributed by atoms with Gasteiger partial charge >= 0.3 is 4.87 Å². The second kappa shape index (κ2) is 2.19. The van der Waals surface area contributed by atoms with Crippen molar-refractivity contribution in [3.63, 3.8) is 0 Å². The summed E-state index contributed by atoms with van der Waals surface area (Å²) in [6, 6.07) is 0. The van der Waals surface area contributed by atoms with Crippen molar-refractivity contribution in [1.29, 1.82) is 0 Å². The van der Waals surface area contributed by atoms with Gasteiger partial charge in [0, 0.05) is 6.20 Å². The zero-order valence-corrected chi connectivity index (χ0v) is 6.33. The first-order valence-electron chi connectivity index (χ1n) is 2.21. The number of nitrogens with one attached hydrogen (secondary N) is 1. The third kappa shape index (κ3) is 1.43. The third-order valence-corrected chi connectivity index (χ3v) is 3.03. The van der Waals surface area contributed by atoms with Gasteiger partial charge in [-0.05, 0) is 0 Å². The number of primary sulfonamides is 1. The van der Waals surface area contributed by atoms with Gasteiger partial charge in [-0.1, -0.05) is 11.3 Å². The van der Waals surface area contributed by atoms with Crippen LogP contribution < -0.4 is 10.0 Å². The number of sulfonamides is 1. The van der Waals surface area contributed by atoms with Crippen LogP contribution in [0.15, 0.2) is 15.2 Å². The van der Waals surface area contributed by atoms with E-state index in [4.69, 9.17) is 5.14 Å². The van der Waals surface area contributed by atoms with Crippen LogP contribution in [0.3, 0.4) is 0 Å². The van der Waals surface area contributed by atoms with Crippen LogP contribution in [0, 0.1) is 0 Å². The lowest BCUT2D eigenvalue weighted by Gasteiger charge is -1.85. The van der Waals surface area contributed by atoms with Crippen molar-refractivity contribution in [2.75, 3.05) is 0 Å². The van der Waals surface area contributed by atoms with Crippen LogP contribution in [0.2, 0.25) is 0 Å². The monoisotopic (exact) mass is 180 g/mol. The third-order valence-electron chi connectivity index (χ3n) is 0.782. The Kier molecular flexibility index (Phi) is 1.63. The van der Waals surface area contributed by atoms with Gasteiger partial charge in [0.05, 0.1) is 0 Å². The van der Waals surface area contributed by atoms with E-state index in [-0.39, 0.29) is 4.21 Å². The number of thiazole rings is 1. The normalized spacial score (nSPS) is 11.7. The first kappa shape index (κ1) is 7.45. The summed E-state index contributed by atoms with van der Waals surface area (Å²) in [6.45, 7) is 0. The molecule has 7 heteroatoms. The average molecular weight is 180 g/mol. The van der Waals surface area contributed by atoms with Crippen LogP contribution >= 0.6 is 11.3 Å². The number of hydrogen-bond acceptors (Lipinski definition) is 4. The number of aromatic amines is 1. The molecule has 0 aliphatic rings. The standard InChI is InChI=1S/C3H4N2O3S2/c4-10(7,8)2-1-5-3(6)9-2/h1H,(H,5,6)(H2,4,7,8). The molecule has 1 aromatic rings. The summed E-state index contributed by atoms with van der Waals surface area (Å²) in [6.07, 6.45) is 1.07. The predicted molar refractivity (Wildman–Crippen MR) is 36.3 cm³/mol. The highest BCUT2D eigenvalue weighted by Gasteiger charge is 2.09. The molecule has 0 bridgehead atoms. The summed E-state index contributed by atoms with van der Waals surface area (Å²) in [5, 5.41) is 4.69. The van der Waals surface area contributed by atoms with E-state index in [1.165, 1.54) is 0 Å². The maximum absolute atomic E-state index is 10.5. The highest BCUT2D eigenvalue weighted by Crippen LogP contribution is 2.05. The molecule has 0 spiro atoms. The van der Waals surface area contributed by atoms with Crippen LogP contribution in [0.1, 0.15) is 0 Å². The van der Waals surface area contributed by atoms with E-state index < -0.39 is 14.9 Å². The lowest BCUT2D eigenvalue weighted by molar-refractivity contribution is 0.599. The maximum atomic E-state index is 10.5. The molecule has 0 atom stereocenters. The average Bonchev–Trinajstić information content (AvgIpc) is 2.11. The molecule has 1 aromatic heterocycles. The molecule has 0 unspecified atom stereocenters. The van der Waals surface area contributed by atoms with E-state index in [2.05, 4.69) is 4.98 Å². The van der Waals surface area contributed by atoms with E-state index in [0.717, 1.165) is 6.20 Å².